The second kappa shape index (κ2) is 14.2. The molecule has 3 fully saturated rings. The Morgan fingerprint density at radius 2 is 1.40 bits per heavy atom. The molecule has 4 rings (SSSR count). The van der Waals surface area contributed by atoms with Gasteiger partial charge in [-0.1, -0.05) is 30.3 Å². The van der Waals surface area contributed by atoms with Gasteiger partial charge in [0.1, 0.15) is 0 Å². The molecule has 0 amide bonds. The highest BCUT2D eigenvalue weighted by Crippen LogP contribution is 2.42. The first-order valence-electron chi connectivity index (χ1n) is 13.1. The first kappa shape index (κ1) is 36.2. The zero-order valence-corrected chi connectivity index (χ0v) is 23.8. The normalized spacial score (nSPS) is 22.6. The third kappa shape index (κ3) is 10.6. The third-order valence-electron chi connectivity index (χ3n) is 7.30. The van der Waals surface area contributed by atoms with Crippen LogP contribution in [-0.2, 0) is 24.4 Å². The van der Waals surface area contributed by atoms with Gasteiger partial charge in [-0.15, -0.1) is 0 Å². The summed E-state index contributed by atoms with van der Waals surface area (Å²) in [6.45, 7) is 3.85. The van der Waals surface area contributed by atoms with E-state index in [9.17, 15) is 44.7 Å². The molecule has 1 aromatic carbocycles. The lowest BCUT2D eigenvalue weighted by Crippen LogP contribution is -2.73. The second-order valence-electron chi connectivity index (χ2n) is 10.4. The van der Waals surface area contributed by atoms with Gasteiger partial charge in [0.25, 0.3) is 0 Å². The van der Waals surface area contributed by atoms with Crippen molar-refractivity contribution in [2.45, 2.75) is 68.5 Å². The first-order chi connectivity index (χ1) is 19.7. The van der Waals surface area contributed by atoms with E-state index in [1.54, 1.807) is 6.92 Å². The van der Waals surface area contributed by atoms with E-state index in [-0.39, 0.29) is 12.2 Å². The molecule has 3 aliphatic rings. The number of rotatable bonds is 8. The van der Waals surface area contributed by atoms with E-state index in [4.69, 9.17) is 19.8 Å². The number of alkyl halides is 6. The molecule has 2 atom stereocenters. The van der Waals surface area contributed by atoms with Crippen molar-refractivity contribution in [3.8, 4) is 0 Å². The highest BCUT2D eigenvalue weighted by Gasteiger charge is 2.53. The second-order valence-corrected chi connectivity index (χ2v) is 12.6. The number of carboxylic acids is 3. The number of hydrogen-bond donors (Lipinski definition) is 4. The Balaban J connectivity index is 0.000000384. The van der Waals surface area contributed by atoms with Crippen LogP contribution in [-0.4, -0.2) is 113 Å². The van der Waals surface area contributed by atoms with Gasteiger partial charge in [0.15, 0.2) is 0 Å². The van der Waals surface area contributed by atoms with E-state index < -0.39 is 45.8 Å². The fourth-order valence-corrected chi connectivity index (χ4v) is 6.20. The molecule has 0 unspecified atom stereocenters. The number of sulfonamides is 1. The van der Waals surface area contributed by atoms with Crippen molar-refractivity contribution in [3.63, 3.8) is 0 Å². The summed E-state index contributed by atoms with van der Waals surface area (Å²) in [6.07, 6.45) is -7.05. The molecule has 43 heavy (non-hydrogen) atoms. The largest absolute Gasteiger partial charge is 0.490 e. The molecule has 2 saturated heterocycles. The predicted octanol–water partition coefficient (Wildman–Crippen LogP) is 2.74. The Morgan fingerprint density at radius 1 is 0.930 bits per heavy atom. The van der Waals surface area contributed by atoms with Crippen LogP contribution in [0.4, 0.5) is 26.3 Å². The summed E-state index contributed by atoms with van der Waals surface area (Å²) in [4.78, 5) is 31.5. The molecule has 0 spiro atoms. The predicted molar refractivity (Wildman–Crippen MR) is 139 cm³/mol. The molecule has 0 aromatic heterocycles. The molecule has 18 heteroatoms. The average molecular weight is 650 g/mol. The minimum atomic E-state index is -5.08. The van der Waals surface area contributed by atoms with Crippen LogP contribution in [0, 0.1) is 0 Å². The van der Waals surface area contributed by atoms with Crippen molar-refractivity contribution >= 4 is 27.9 Å². The van der Waals surface area contributed by atoms with E-state index in [1.165, 1.54) is 16.3 Å². The Morgan fingerprint density at radius 3 is 1.79 bits per heavy atom. The van der Waals surface area contributed by atoms with Gasteiger partial charge in [0.2, 0.25) is 10.0 Å². The van der Waals surface area contributed by atoms with Gasteiger partial charge in [0.05, 0.1) is 17.7 Å². The molecular formula is C25H33F6N3O8S. The highest BCUT2D eigenvalue weighted by molar-refractivity contribution is 7.89. The van der Waals surface area contributed by atoms with Gasteiger partial charge in [-0.2, -0.15) is 30.6 Å². The van der Waals surface area contributed by atoms with Gasteiger partial charge in [-0.25, -0.2) is 18.0 Å². The quantitative estimate of drug-likeness (QED) is 0.308. The van der Waals surface area contributed by atoms with Crippen molar-refractivity contribution < 1.29 is 64.5 Å². The number of hydrogen-bond acceptors (Lipinski definition) is 7. The van der Waals surface area contributed by atoms with E-state index >= 15 is 0 Å². The molecule has 11 nitrogen and oxygen atoms in total. The maximum absolute atomic E-state index is 12.1. The molecule has 2 heterocycles. The number of aliphatic carboxylic acids is 3. The Kier molecular flexibility index (Phi) is 12.0. The molecule has 2 aliphatic heterocycles. The maximum atomic E-state index is 12.1. The Labute approximate surface area is 243 Å². The molecular weight excluding hydrogens is 616 g/mol. The van der Waals surface area contributed by atoms with Gasteiger partial charge in [-0.3, -0.25) is 9.69 Å². The van der Waals surface area contributed by atoms with Gasteiger partial charge < -0.3 is 20.6 Å². The smallest absolute Gasteiger partial charge is 0.481 e. The van der Waals surface area contributed by atoms with E-state index in [2.05, 4.69) is 34.5 Å². The van der Waals surface area contributed by atoms with Crippen LogP contribution in [0.2, 0.25) is 0 Å². The van der Waals surface area contributed by atoms with Crippen LogP contribution < -0.4 is 5.32 Å². The first-order valence-corrected chi connectivity index (χ1v) is 14.7. The van der Waals surface area contributed by atoms with Crippen molar-refractivity contribution in [1.29, 1.82) is 0 Å². The van der Waals surface area contributed by atoms with Crippen LogP contribution in [0.15, 0.2) is 30.3 Å². The molecule has 4 N–H and O–H groups in total. The van der Waals surface area contributed by atoms with Gasteiger partial charge in [0, 0.05) is 44.2 Å². The number of piperidine rings is 1. The Hall–Kier alpha value is -2.96. The number of benzene rings is 1. The lowest BCUT2D eigenvalue weighted by Gasteiger charge is -2.56. The van der Waals surface area contributed by atoms with Crippen LogP contribution >= 0.6 is 0 Å². The third-order valence-corrected chi connectivity index (χ3v) is 9.07. The molecule has 1 aromatic rings. The number of carboxylic acid groups (broad SMARTS) is 3. The minimum Gasteiger partial charge on any atom is -0.481 e. The van der Waals surface area contributed by atoms with Crippen LogP contribution in [0.3, 0.4) is 0 Å². The molecule has 0 bridgehead atoms. The summed E-state index contributed by atoms with van der Waals surface area (Å²) in [5.74, 6) is -5.71. The SMILES string of the molecule is CCS(=O)(=O)N1CC(CC(=O)O)(N2CCC(N[C@@H]3C[C@H]3c3ccccc3)CC2)C1.O=C(O)C(F)(F)F.O=C(O)C(F)(F)F. The van der Waals surface area contributed by atoms with Gasteiger partial charge in [-0.05, 0) is 31.7 Å². The number of nitrogens with one attached hydrogen (secondary N) is 1. The molecule has 244 valence electrons. The number of halogens is 6. The topological polar surface area (TPSA) is 165 Å². The van der Waals surface area contributed by atoms with E-state index in [1.807, 2.05) is 6.07 Å². The molecule has 0 radical (unpaired) electrons. The minimum absolute atomic E-state index is 0.000461. The number of likely N-dealkylation sites (tertiary alicyclic amines) is 1. The van der Waals surface area contributed by atoms with E-state index in [0.717, 1.165) is 25.9 Å². The van der Waals surface area contributed by atoms with Crippen LogP contribution in [0.1, 0.15) is 44.1 Å². The van der Waals surface area contributed by atoms with Crippen molar-refractivity contribution in [2.24, 2.45) is 0 Å². The van der Waals surface area contributed by atoms with Crippen LogP contribution in [0.5, 0.6) is 0 Å². The van der Waals surface area contributed by atoms with Gasteiger partial charge >= 0.3 is 30.3 Å². The summed E-state index contributed by atoms with van der Waals surface area (Å²) in [7, 11) is -3.26. The monoisotopic (exact) mass is 649 g/mol. The fraction of sp³-hybridized carbons (Fsp3) is 0.640. The molecule has 1 aliphatic carbocycles. The summed E-state index contributed by atoms with van der Waals surface area (Å²) in [5.41, 5.74) is 0.847. The van der Waals surface area contributed by atoms with Crippen molar-refractivity contribution in [2.75, 3.05) is 31.9 Å². The molecule has 1 saturated carbocycles. The maximum Gasteiger partial charge on any atom is 0.490 e. The number of nitrogens with zero attached hydrogens (tertiary/aromatic N) is 2. The van der Waals surface area contributed by atoms with Crippen molar-refractivity contribution in [1.82, 2.24) is 14.5 Å². The lowest BCUT2D eigenvalue weighted by molar-refractivity contribution is -0.193. The zero-order chi connectivity index (χ0) is 32.8. The fourth-order valence-electron chi connectivity index (χ4n) is 4.97. The summed E-state index contributed by atoms with van der Waals surface area (Å²) < 4.78 is 89.1. The number of carbonyl (C=O) groups is 3. The average Bonchev–Trinajstić information content (AvgIpc) is 3.65. The van der Waals surface area contributed by atoms with Crippen LogP contribution in [0.25, 0.3) is 0 Å². The van der Waals surface area contributed by atoms with Crippen molar-refractivity contribution in [3.05, 3.63) is 35.9 Å². The summed E-state index contributed by atoms with van der Waals surface area (Å²) >= 11 is 0. The zero-order valence-electron chi connectivity index (χ0n) is 22.9. The lowest BCUT2D eigenvalue weighted by atomic mass is 9.84. The summed E-state index contributed by atoms with van der Waals surface area (Å²) in [5, 5.41) is 27.4. The Bertz CT molecular complexity index is 1190. The summed E-state index contributed by atoms with van der Waals surface area (Å²) in [6, 6.07) is 11.6. The standard InChI is InChI=1S/C21H31N3O4S.2C2HF3O2/c1-2-29(27,28)24-14-21(15-24,13-20(25)26)23-10-8-17(9-11-23)22-19-12-18(19)16-6-4-3-5-7-16;2*3-2(4,5)1(6)7/h3-7,17-19,22H,2,8-15H2,1H3,(H,25,26);2*(H,6,7)/t18-,19+;;/m0../s1. The highest BCUT2D eigenvalue weighted by atomic mass is 32.2. The van der Waals surface area contributed by atoms with E-state index in [0.29, 0.717) is 31.1 Å².